The fraction of sp³-hybridized carbons (Fsp3) is 0.192. The van der Waals surface area contributed by atoms with Crippen molar-refractivity contribution in [3.8, 4) is 0 Å². The molecule has 0 fully saturated rings. The fourth-order valence-electron chi connectivity index (χ4n) is 3.81. The van der Waals surface area contributed by atoms with Crippen LogP contribution in [-0.4, -0.2) is 21.8 Å². The van der Waals surface area contributed by atoms with Gasteiger partial charge in [-0.2, -0.15) is 13.2 Å². The van der Waals surface area contributed by atoms with Gasteiger partial charge in [-0.25, -0.2) is 4.98 Å². The maximum absolute atomic E-state index is 13.5. The molecule has 2 amide bonds. The minimum Gasteiger partial charge on any atom is -0.342 e. The number of carbonyl (C=O) groups excluding carboxylic acids is 2. The number of hydrogen-bond donors (Lipinski definition) is 3. The molecule has 1 aromatic heterocycles. The number of nitrogens with zero attached hydrogens (tertiary/aromatic N) is 1. The van der Waals surface area contributed by atoms with Crippen LogP contribution >= 0.6 is 11.6 Å². The highest BCUT2D eigenvalue weighted by Crippen LogP contribution is 2.33. The second-order valence-electron chi connectivity index (χ2n) is 8.32. The van der Waals surface area contributed by atoms with E-state index in [0.717, 1.165) is 6.07 Å². The van der Waals surface area contributed by atoms with Crippen molar-refractivity contribution in [2.24, 2.45) is 0 Å². The first-order chi connectivity index (χ1) is 17.0. The molecule has 186 valence electrons. The van der Waals surface area contributed by atoms with Gasteiger partial charge in [-0.3, -0.25) is 9.59 Å². The van der Waals surface area contributed by atoms with E-state index in [1.165, 1.54) is 24.3 Å². The van der Waals surface area contributed by atoms with Crippen LogP contribution in [0.15, 0.2) is 48.5 Å². The lowest BCUT2D eigenvalue weighted by Gasteiger charge is -2.14. The number of nitrogens with one attached hydrogen (secondary N) is 3. The summed E-state index contributed by atoms with van der Waals surface area (Å²) in [6.45, 7) is 5.24. The number of imidazole rings is 1. The van der Waals surface area contributed by atoms with Crippen molar-refractivity contribution >= 4 is 45.8 Å². The van der Waals surface area contributed by atoms with Crippen LogP contribution in [0.3, 0.4) is 0 Å². The third-order valence-electron chi connectivity index (χ3n) is 5.71. The quantitative estimate of drug-likeness (QED) is 0.270. The first-order valence-corrected chi connectivity index (χ1v) is 11.4. The Labute approximate surface area is 209 Å². The largest absolute Gasteiger partial charge is 0.417 e. The van der Waals surface area contributed by atoms with Crippen molar-refractivity contribution in [1.29, 1.82) is 0 Å². The Morgan fingerprint density at radius 3 is 2.42 bits per heavy atom. The molecule has 0 unspecified atom stereocenters. The van der Waals surface area contributed by atoms with Gasteiger partial charge in [0.25, 0.3) is 11.8 Å². The Morgan fingerprint density at radius 2 is 1.72 bits per heavy atom. The molecule has 36 heavy (non-hydrogen) atoms. The maximum atomic E-state index is 13.5. The summed E-state index contributed by atoms with van der Waals surface area (Å²) < 4.78 is 40.5. The number of rotatable bonds is 5. The molecule has 0 aliphatic rings. The number of alkyl halides is 3. The van der Waals surface area contributed by atoms with Gasteiger partial charge in [-0.1, -0.05) is 36.2 Å². The van der Waals surface area contributed by atoms with E-state index in [9.17, 15) is 22.8 Å². The second kappa shape index (κ2) is 9.66. The zero-order chi connectivity index (χ0) is 26.2. The van der Waals surface area contributed by atoms with E-state index in [-0.39, 0.29) is 11.3 Å². The summed E-state index contributed by atoms with van der Waals surface area (Å²) in [6, 6.07) is 11.4. The molecule has 0 atom stereocenters. The lowest BCUT2D eigenvalue weighted by atomic mass is 10.0. The smallest absolute Gasteiger partial charge is 0.342 e. The third-order valence-corrected chi connectivity index (χ3v) is 6.12. The van der Waals surface area contributed by atoms with E-state index in [1.54, 1.807) is 32.0 Å². The van der Waals surface area contributed by atoms with Gasteiger partial charge in [-0.05, 0) is 55.8 Å². The molecule has 0 saturated carbocycles. The standard InChI is InChI=1S/C26H22ClF3N4O2/c1-4-22-32-21-12-15(31-24(35)16-10-13(2)8-9-18(16)26(28,29)30)11-17(23(21)34-22)25(36)33-20-7-5-6-19(27)14(20)3/h5-12H,4H2,1-3H3,(H,31,35)(H,32,34)(H,33,36). The van der Waals surface area contributed by atoms with Crippen molar-refractivity contribution in [2.75, 3.05) is 10.6 Å². The van der Waals surface area contributed by atoms with Crippen molar-refractivity contribution in [2.45, 2.75) is 33.4 Å². The minimum absolute atomic E-state index is 0.137. The minimum atomic E-state index is -4.70. The van der Waals surface area contributed by atoms with Gasteiger partial charge in [0.2, 0.25) is 0 Å². The Hall–Kier alpha value is -3.85. The topological polar surface area (TPSA) is 86.9 Å². The monoisotopic (exact) mass is 514 g/mol. The van der Waals surface area contributed by atoms with Crippen LogP contribution in [0.2, 0.25) is 5.02 Å². The molecule has 1 heterocycles. The molecule has 3 N–H and O–H groups in total. The van der Waals surface area contributed by atoms with Gasteiger partial charge in [0.1, 0.15) is 11.3 Å². The van der Waals surface area contributed by atoms with Gasteiger partial charge >= 0.3 is 6.18 Å². The number of benzene rings is 3. The number of H-pyrrole nitrogens is 1. The molecule has 0 radical (unpaired) electrons. The lowest BCUT2D eigenvalue weighted by Crippen LogP contribution is -2.19. The first-order valence-electron chi connectivity index (χ1n) is 11.1. The number of aromatic nitrogens is 2. The fourth-order valence-corrected chi connectivity index (χ4v) is 3.98. The van der Waals surface area contributed by atoms with Crippen molar-refractivity contribution < 1.29 is 22.8 Å². The van der Waals surface area contributed by atoms with E-state index in [2.05, 4.69) is 20.6 Å². The molecule has 0 aliphatic heterocycles. The molecule has 10 heteroatoms. The first kappa shape index (κ1) is 25.2. The molecule has 0 bridgehead atoms. The summed E-state index contributed by atoms with van der Waals surface area (Å²) in [6.07, 6.45) is -4.15. The Morgan fingerprint density at radius 1 is 1.00 bits per heavy atom. The Kier molecular flexibility index (Phi) is 6.77. The van der Waals surface area contributed by atoms with Gasteiger partial charge in [-0.15, -0.1) is 0 Å². The second-order valence-corrected chi connectivity index (χ2v) is 8.73. The van der Waals surface area contributed by atoms with Gasteiger partial charge in [0.05, 0.1) is 22.2 Å². The van der Waals surface area contributed by atoms with Crippen LogP contribution < -0.4 is 10.6 Å². The normalized spacial score (nSPS) is 11.5. The average molecular weight is 515 g/mol. The van der Waals surface area contributed by atoms with E-state index in [1.807, 2.05) is 6.92 Å². The molecule has 6 nitrogen and oxygen atoms in total. The van der Waals surface area contributed by atoms with Crippen LogP contribution in [-0.2, 0) is 12.6 Å². The average Bonchev–Trinajstić information content (AvgIpc) is 3.24. The summed E-state index contributed by atoms with van der Waals surface area (Å²) in [7, 11) is 0. The van der Waals surface area contributed by atoms with Crippen LogP contribution in [0.5, 0.6) is 0 Å². The number of carbonyl (C=O) groups is 2. The highest BCUT2D eigenvalue weighted by atomic mass is 35.5. The van der Waals surface area contributed by atoms with E-state index in [0.29, 0.717) is 45.1 Å². The van der Waals surface area contributed by atoms with Gasteiger partial charge in [0, 0.05) is 22.8 Å². The zero-order valence-electron chi connectivity index (χ0n) is 19.6. The van der Waals surface area contributed by atoms with E-state index >= 15 is 0 Å². The maximum Gasteiger partial charge on any atom is 0.417 e. The Bertz CT molecular complexity index is 1490. The zero-order valence-corrected chi connectivity index (χ0v) is 20.4. The van der Waals surface area contributed by atoms with Crippen LogP contribution in [0.4, 0.5) is 24.5 Å². The van der Waals surface area contributed by atoms with Gasteiger partial charge in [0.15, 0.2) is 0 Å². The summed E-state index contributed by atoms with van der Waals surface area (Å²) in [5.41, 5.74) is 1.21. The summed E-state index contributed by atoms with van der Waals surface area (Å²) in [4.78, 5) is 33.7. The number of aromatic amines is 1. The van der Waals surface area contributed by atoms with Crippen molar-refractivity contribution in [3.05, 3.63) is 87.2 Å². The molecule has 3 aromatic carbocycles. The summed E-state index contributed by atoms with van der Waals surface area (Å²) in [5, 5.41) is 5.78. The molecule has 4 aromatic rings. The van der Waals surface area contributed by atoms with Crippen LogP contribution in [0.1, 0.15) is 50.2 Å². The lowest BCUT2D eigenvalue weighted by molar-refractivity contribution is -0.137. The summed E-state index contributed by atoms with van der Waals surface area (Å²) >= 11 is 6.16. The van der Waals surface area contributed by atoms with Crippen molar-refractivity contribution in [1.82, 2.24) is 9.97 Å². The number of aryl methyl sites for hydroxylation is 2. The van der Waals surface area contributed by atoms with Crippen LogP contribution in [0.25, 0.3) is 11.0 Å². The number of fused-ring (bicyclic) bond motifs is 1. The third kappa shape index (κ3) is 5.06. The SMILES string of the molecule is CCc1nc2c(C(=O)Nc3cccc(Cl)c3C)cc(NC(=O)c3cc(C)ccc3C(F)(F)F)cc2[nH]1. The molecular formula is C26H22ClF3N4O2. The Balaban J connectivity index is 1.75. The number of anilines is 2. The predicted molar refractivity (Wildman–Crippen MR) is 134 cm³/mol. The number of hydrogen-bond acceptors (Lipinski definition) is 3. The highest BCUT2D eigenvalue weighted by molar-refractivity contribution is 6.31. The summed E-state index contributed by atoms with van der Waals surface area (Å²) in [5.74, 6) is -0.848. The van der Waals surface area contributed by atoms with Crippen LogP contribution in [0, 0.1) is 13.8 Å². The van der Waals surface area contributed by atoms with E-state index < -0.39 is 29.1 Å². The number of halogens is 4. The highest BCUT2D eigenvalue weighted by Gasteiger charge is 2.35. The molecule has 0 saturated heterocycles. The number of amides is 2. The van der Waals surface area contributed by atoms with Crippen molar-refractivity contribution in [3.63, 3.8) is 0 Å². The molecule has 0 spiro atoms. The molecular weight excluding hydrogens is 493 g/mol. The molecule has 0 aliphatic carbocycles. The van der Waals surface area contributed by atoms with Gasteiger partial charge < -0.3 is 15.6 Å². The van der Waals surface area contributed by atoms with E-state index in [4.69, 9.17) is 11.6 Å². The molecule has 4 rings (SSSR count). The predicted octanol–water partition coefficient (Wildman–Crippen LogP) is 6.92.